The molecule has 0 spiro atoms. The van der Waals surface area contributed by atoms with Gasteiger partial charge in [0.1, 0.15) is 0 Å². The molecular formula is C16H19N3O4. The first kappa shape index (κ1) is 16.7. The van der Waals surface area contributed by atoms with Gasteiger partial charge in [0, 0.05) is 12.4 Å². The Kier molecular flexibility index (Phi) is 5.85. The molecule has 0 amide bonds. The fourth-order valence-corrected chi connectivity index (χ4v) is 1.80. The van der Waals surface area contributed by atoms with Crippen molar-refractivity contribution in [1.82, 2.24) is 14.8 Å². The van der Waals surface area contributed by atoms with Crippen molar-refractivity contribution in [1.29, 1.82) is 0 Å². The molecule has 2 aromatic rings. The van der Waals surface area contributed by atoms with E-state index in [0.29, 0.717) is 30.2 Å². The molecule has 122 valence electrons. The first-order valence-electron chi connectivity index (χ1n) is 7.51. The molecule has 2 rings (SSSR count). The van der Waals surface area contributed by atoms with E-state index >= 15 is 0 Å². The number of esters is 2. The molecule has 2 heterocycles. The van der Waals surface area contributed by atoms with Gasteiger partial charge in [0.2, 0.25) is 0 Å². The molecule has 0 saturated carbocycles. The van der Waals surface area contributed by atoms with Gasteiger partial charge in [-0.25, -0.2) is 19.3 Å². The van der Waals surface area contributed by atoms with Crippen molar-refractivity contribution >= 4 is 11.9 Å². The zero-order chi connectivity index (χ0) is 16.7. The summed E-state index contributed by atoms with van der Waals surface area (Å²) in [6.07, 6.45) is 6.16. The van der Waals surface area contributed by atoms with E-state index in [1.54, 1.807) is 19.1 Å². The van der Waals surface area contributed by atoms with E-state index < -0.39 is 11.9 Å². The highest BCUT2D eigenvalue weighted by atomic mass is 16.5. The summed E-state index contributed by atoms with van der Waals surface area (Å²) in [5, 5.41) is 4.06. The van der Waals surface area contributed by atoms with Crippen LogP contribution in [0, 0.1) is 0 Å². The van der Waals surface area contributed by atoms with E-state index in [4.69, 9.17) is 9.47 Å². The number of carbonyl (C=O) groups excluding carboxylic acids is 2. The standard InChI is InChI=1S/C16H19N3O4/c1-3-5-8-23-15(20)12-6-7-14(17-9-12)19-11-13(10-18-19)16(21)22-4-2/h6-7,9-11H,3-5,8H2,1-2H3. The molecule has 0 unspecified atom stereocenters. The van der Waals surface area contributed by atoms with E-state index in [9.17, 15) is 9.59 Å². The van der Waals surface area contributed by atoms with Crippen molar-refractivity contribution in [2.24, 2.45) is 0 Å². The van der Waals surface area contributed by atoms with Crippen LogP contribution in [0.5, 0.6) is 0 Å². The third-order valence-corrected chi connectivity index (χ3v) is 3.04. The summed E-state index contributed by atoms with van der Waals surface area (Å²) in [7, 11) is 0. The van der Waals surface area contributed by atoms with Crippen LogP contribution in [-0.2, 0) is 9.47 Å². The van der Waals surface area contributed by atoms with Crippen LogP contribution in [0.3, 0.4) is 0 Å². The second kappa shape index (κ2) is 8.07. The molecule has 0 aromatic carbocycles. The molecule has 0 atom stereocenters. The Morgan fingerprint density at radius 1 is 1.09 bits per heavy atom. The summed E-state index contributed by atoms with van der Waals surface area (Å²) in [5.41, 5.74) is 0.722. The van der Waals surface area contributed by atoms with E-state index in [2.05, 4.69) is 10.1 Å². The van der Waals surface area contributed by atoms with Crippen molar-refractivity contribution in [3.05, 3.63) is 41.9 Å². The van der Waals surface area contributed by atoms with Gasteiger partial charge in [-0.3, -0.25) is 0 Å². The zero-order valence-corrected chi connectivity index (χ0v) is 13.2. The lowest BCUT2D eigenvalue weighted by Crippen LogP contribution is -2.08. The normalized spacial score (nSPS) is 10.3. The van der Waals surface area contributed by atoms with E-state index in [1.165, 1.54) is 23.3 Å². The van der Waals surface area contributed by atoms with E-state index in [0.717, 1.165) is 12.8 Å². The number of ether oxygens (including phenoxy) is 2. The number of hydrogen-bond donors (Lipinski definition) is 0. The number of carbonyl (C=O) groups is 2. The lowest BCUT2D eigenvalue weighted by Gasteiger charge is -2.04. The van der Waals surface area contributed by atoms with Gasteiger partial charge in [-0.2, -0.15) is 5.10 Å². The Labute approximate surface area is 134 Å². The van der Waals surface area contributed by atoms with Crippen LogP contribution in [0.4, 0.5) is 0 Å². The second-order valence-electron chi connectivity index (χ2n) is 4.79. The van der Waals surface area contributed by atoms with Crippen molar-refractivity contribution < 1.29 is 19.1 Å². The molecule has 0 aliphatic rings. The third-order valence-electron chi connectivity index (χ3n) is 3.04. The smallest absolute Gasteiger partial charge is 0.341 e. The van der Waals surface area contributed by atoms with Crippen LogP contribution in [0.1, 0.15) is 47.4 Å². The van der Waals surface area contributed by atoms with Crippen LogP contribution in [0.25, 0.3) is 5.82 Å². The van der Waals surface area contributed by atoms with Gasteiger partial charge in [0.15, 0.2) is 5.82 Å². The number of pyridine rings is 1. The molecule has 0 aliphatic heterocycles. The van der Waals surface area contributed by atoms with Gasteiger partial charge in [-0.05, 0) is 25.5 Å². The quantitative estimate of drug-likeness (QED) is 0.576. The first-order chi connectivity index (χ1) is 11.2. The van der Waals surface area contributed by atoms with Crippen LogP contribution < -0.4 is 0 Å². The maximum absolute atomic E-state index is 11.8. The van der Waals surface area contributed by atoms with Crippen LogP contribution in [0.2, 0.25) is 0 Å². The minimum atomic E-state index is -0.435. The zero-order valence-electron chi connectivity index (χ0n) is 13.2. The molecule has 0 radical (unpaired) electrons. The fraction of sp³-hybridized carbons (Fsp3) is 0.375. The van der Waals surface area contributed by atoms with Crippen molar-refractivity contribution in [2.75, 3.05) is 13.2 Å². The molecule has 7 heteroatoms. The van der Waals surface area contributed by atoms with Crippen molar-refractivity contribution in [3.8, 4) is 5.82 Å². The highest BCUT2D eigenvalue weighted by molar-refractivity contribution is 5.89. The van der Waals surface area contributed by atoms with Gasteiger partial charge in [-0.1, -0.05) is 13.3 Å². The second-order valence-corrected chi connectivity index (χ2v) is 4.79. The fourth-order valence-electron chi connectivity index (χ4n) is 1.80. The predicted molar refractivity (Wildman–Crippen MR) is 82.5 cm³/mol. The SMILES string of the molecule is CCCCOC(=O)c1ccc(-n2cc(C(=O)OCC)cn2)nc1. The van der Waals surface area contributed by atoms with Gasteiger partial charge >= 0.3 is 11.9 Å². The molecular weight excluding hydrogens is 298 g/mol. The predicted octanol–water partition coefficient (Wildman–Crippen LogP) is 2.40. The highest BCUT2D eigenvalue weighted by Gasteiger charge is 2.12. The summed E-state index contributed by atoms with van der Waals surface area (Å²) in [5.74, 6) is -0.342. The van der Waals surface area contributed by atoms with E-state index in [1.807, 2.05) is 6.92 Å². The molecule has 2 aromatic heterocycles. The van der Waals surface area contributed by atoms with Crippen LogP contribution >= 0.6 is 0 Å². The Balaban J connectivity index is 2.05. The maximum atomic E-state index is 11.8. The summed E-state index contributed by atoms with van der Waals surface area (Å²) in [6.45, 7) is 4.47. The average Bonchev–Trinajstić information content (AvgIpc) is 3.05. The van der Waals surface area contributed by atoms with Crippen LogP contribution in [0.15, 0.2) is 30.7 Å². The molecule has 0 aliphatic carbocycles. The van der Waals surface area contributed by atoms with Gasteiger partial charge in [0.25, 0.3) is 0 Å². The van der Waals surface area contributed by atoms with Gasteiger partial charge < -0.3 is 9.47 Å². The number of aromatic nitrogens is 3. The lowest BCUT2D eigenvalue weighted by atomic mass is 10.3. The minimum absolute atomic E-state index is 0.303. The minimum Gasteiger partial charge on any atom is -0.462 e. The van der Waals surface area contributed by atoms with E-state index in [-0.39, 0.29) is 0 Å². The largest absolute Gasteiger partial charge is 0.462 e. The number of rotatable bonds is 7. The molecule has 0 bridgehead atoms. The summed E-state index contributed by atoms with van der Waals surface area (Å²) in [6, 6.07) is 3.25. The first-order valence-corrected chi connectivity index (χ1v) is 7.51. The van der Waals surface area contributed by atoms with Gasteiger partial charge in [-0.15, -0.1) is 0 Å². The third kappa shape index (κ3) is 4.38. The van der Waals surface area contributed by atoms with Gasteiger partial charge in [0.05, 0.1) is 30.5 Å². The van der Waals surface area contributed by atoms with Crippen LogP contribution in [-0.4, -0.2) is 39.9 Å². The molecule has 0 N–H and O–H groups in total. The lowest BCUT2D eigenvalue weighted by molar-refractivity contribution is 0.0496. The summed E-state index contributed by atoms with van der Waals surface area (Å²) >= 11 is 0. The monoisotopic (exact) mass is 317 g/mol. The Bertz CT molecular complexity index is 664. The molecule has 0 fully saturated rings. The maximum Gasteiger partial charge on any atom is 0.341 e. The number of nitrogens with zero attached hydrogens (tertiary/aromatic N) is 3. The Hall–Kier alpha value is -2.70. The van der Waals surface area contributed by atoms with Crippen molar-refractivity contribution in [2.45, 2.75) is 26.7 Å². The number of hydrogen-bond acceptors (Lipinski definition) is 6. The Morgan fingerprint density at radius 2 is 1.87 bits per heavy atom. The molecule has 0 saturated heterocycles. The summed E-state index contributed by atoms with van der Waals surface area (Å²) < 4.78 is 11.5. The topological polar surface area (TPSA) is 83.3 Å². The molecule has 23 heavy (non-hydrogen) atoms. The summed E-state index contributed by atoms with van der Waals surface area (Å²) in [4.78, 5) is 27.6. The molecule has 7 nitrogen and oxygen atoms in total. The highest BCUT2D eigenvalue weighted by Crippen LogP contribution is 2.09. The number of unbranched alkanes of at least 4 members (excludes halogenated alkanes) is 1. The van der Waals surface area contributed by atoms with Crippen molar-refractivity contribution in [3.63, 3.8) is 0 Å². The Morgan fingerprint density at radius 3 is 2.52 bits per heavy atom. The average molecular weight is 317 g/mol.